The van der Waals surface area contributed by atoms with Crippen LogP contribution in [0.1, 0.15) is 27.9 Å². The Morgan fingerprint density at radius 3 is 2.50 bits per heavy atom. The van der Waals surface area contributed by atoms with Crippen LogP contribution in [0.25, 0.3) is 0 Å². The van der Waals surface area contributed by atoms with Crippen molar-refractivity contribution in [1.82, 2.24) is 10.2 Å². The number of likely N-dealkylation sites (tertiary alicyclic amines) is 1. The van der Waals surface area contributed by atoms with Crippen LogP contribution in [0, 0.1) is 11.3 Å². The summed E-state index contributed by atoms with van der Waals surface area (Å²) in [7, 11) is 0. The SMILES string of the molecule is O=C(O)c1cccc(CC2CCN(C(=O)C3(Cc4ccccc4)CNC3)C2)c1. The molecular formula is C23H26N2O3. The van der Waals surface area contributed by atoms with Gasteiger partial charge >= 0.3 is 5.97 Å². The van der Waals surface area contributed by atoms with Crippen LogP contribution in [0.5, 0.6) is 0 Å². The highest BCUT2D eigenvalue weighted by molar-refractivity contribution is 5.87. The lowest BCUT2D eigenvalue weighted by Crippen LogP contribution is -2.63. The van der Waals surface area contributed by atoms with Crippen LogP contribution in [0.15, 0.2) is 54.6 Å². The number of hydrogen-bond acceptors (Lipinski definition) is 3. The molecule has 2 fully saturated rings. The second-order valence-electron chi connectivity index (χ2n) is 8.16. The predicted molar refractivity (Wildman–Crippen MR) is 107 cm³/mol. The smallest absolute Gasteiger partial charge is 0.335 e. The number of carbonyl (C=O) groups excluding carboxylic acids is 1. The molecule has 5 nitrogen and oxygen atoms in total. The fourth-order valence-electron chi connectivity index (χ4n) is 4.45. The van der Waals surface area contributed by atoms with Gasteiger partial charge in [-0.3, -0.25) is 4.79 Å². The number of nitrogens with zero attached hydrogens (tertiary/aromatic N) is 1. The molecule has 1 atom stereocenters. The molecule has 5 heteroatoms. The van der Waals surface area contributed by atoms with Crippen molar-refractivity contribution in [3.63, 3.8) is 0 Å². The molecule has 4 rings (SSSR count). The first-order valence-electron chi connectivity index (χ1n) is 9.92. The molecule has 1 unspecified atom stereocenters. The highest BCUT2D eigenvalue weighted by Gasteiger charge is 2.47. The number of aromatic carboxylic acids is 1. The summed E-state index contributed by atoms with van der Waals surface area (Å²) in [4.78, 5) is 26.5. The molecule has 1 amide bonds. The molecule has 2 saturated heterocycles. The third-order valence-corrected chi connectivity index (χ3v) is 6.04. The van der Waals surface area contributed by atoms with Crippen LogP contribution >= 0.6 is 0 Å². The molecule has 0 spiro atoms. The van der Waals surface area contributed by atoms with E-state index in [0.29, 0.717) is 11.5 Å². The Morgan fingerprint density at radius 2 is 1.82 bits per heavy atom. The van der Waals surface area contributed by atoms with Gasteiger partial charge in [-0.2, -0.15) is 0 Å². The standard InChI is InChI=1S/C23H26N2O3/c26-21(27)20-8-4-7-18(12-20)11-19-9-10-25(14-19)22(28)23(15-24-16-23)13-17-5-2-1-3-6-17/h1-8,12,19,24H,9-11,13-16H2,(H,26,27). The van der Waals surface area contributed by atoms with Crippen molar-refractivity contribution >= 4 is 11.9 Å². The van der Waals surface area contributed by atoms with Crippen LogP contribution in [0.3, 0.4) is 0 Å². The van der Waals surface area contributed by atoms with Crippen LogP contribution in [-0.2, 0) is 17.6 Å². The van der Waals surface area contributed by atoms with Gasteiger partial charge in [0.25, 0.3) is 0 Å². The van der Waals surface area contributed by atoms with E-state index in [1.54, 1.807) is 18.2 Å². The van der Waals surface area contributed by atoms with Gasteiger partial charge in [0, 0.05) is 26.2 Å². The number of nitrogens with one attached hydrogen (secondary N) is 1. The van der Waals surface area contributed by atoms with E-state index < -0.39 is 5.97 Å². The average molecular weight is 378 g/mol. The minimum absolute atomic E-state index is 0.261. The zero-order chi connectivity index (χ0) is 19.6. The van der Waals surface area contributed by atoms with Gasteiger partial charge in [-0.05, 0) is 48.4 Å². The molecule has 146 valence electrons. The molecule has 2 aliphatic rings. The monoisotopic (exact) mass is 378 g/mol. The Hall–Kier alpha value is -2.66. The Morgan fingerprint density at radius 1 is 1.07 bits per heavy atom. The fraction of sp³-hybridized carbons (Fsp3) is 0.391. The molecule has 0 saturated carbocycles. The summed E-state index contributed by atoms with van der Waals surface area (Å²) in [6.45, 7) is 3.02. The van der Waals surface area contributed by atoms with Crippen molar-refractivity contribution in [1.29, 1.82) is 0 Å². The Bertz CT molecular complexity index is 861. The van der Waals surface area contributed by atoms with E-state index in [1.165, 1.54) is 5.56 Å². The normalized spacial score (nSPS) is 20.6. The first-order chi connectivity index (χ1) is 13.6. The first-order valence-corrected chi connectivity index (χ1v) is 9.92. The largest absolute Gasteiger partial charge is 0.478 e. The van der Waals surface area contributed by atoms with Crippen LogP contribution in [-0.4, -0.2) is 48.1 Å². The van der Waals surface area contributed by atoms with Crippen LogP contribution in [0.4, 0.5) is 0 Å². The third kappa shape index (κ3) is 3.80. The quantitative estimate of drug-likeness (QED) is 0.811. The Balaban J connectivity index is 1.40. The number of carbonyl (C=O) groups is 2. The maximum atomic E-state index is 13.3. The maximum Gasteiger partial charge on any atom is 0.335 e. The second kappa shape index (κ2) is 7.76. The van der Waals surface area contributed by atoms with Crippen LogP contribution in [0.2, 0.25) is 0 Å². The number of carboxylic acids is 1. The van der Waals surface area contributed by atoms with Crippen molar-refractivity contribution in [2.24, 2.45) is 11.3 Å². The summed E-state index contributed by atoms with van der Waals surface area (Å²) in [5.74, 6) is -0.253. The van der Waals surface area contributed by atoms with E-state index >= 15 is 0 Å². The second-order valence-corrected chi connectivity index (χ2v) is 8.16. The molecule has 2 heterocycles. The fourth-order valence-corrected chi connectivity index (χ4v) is 4.45. The summed E-state index contributed by atoms with van der Waals surface area (Å²) < 4.78 is 0. The summed E-state index contributed by atoms with van der Waals surface area (Å²) in [6.07, 6.45) is 2.56. The van der Waals surface area contributed by atoms with E-state index in [4.69, 9.17) is 0 Å². The van der Waals surface area contributed by atoms with Crippen LogP contribution < -0.4 is 5.32 Å². The van der Waals surface area contributed by atoms with Gasteiger partial charge < -0.3 is 15.3 Å². The highest BCUT2D eigenvalue weighted by atomic mass is 16.4. The molecule has 0 aliphatic carbocycles. The van der Waals surface area contributed by atoms with Gasteiger partial charge in [-0.15, -0.1) is 0 Å². The van der Waals surface area contributed by atoms with E-state index in [-0.39, 0.29) is 11.3 Å². The van der Waals surface area contributed by atoms with Crippen molar-refractivity contribution in [2.75, 3.05) is 26.2 Å². The zero-order valence-electron chi connectivity index (χ0n) is 15.9. The average Bonchev–Trinajstić information content (AvgIpc) is 3.13. The third-order valence-electron chi connectivity index (χ3n) is 6.04. The number of amides is 1. The van der Waals surface area contributed by atoms with Gasteiger partial charge in [0.2, 0.25) is 5.91 Å². The summed E-state index contributed by atoms with van der Waals surface area (Å²) >= 11 is 0. The topological polar surface area (TPSA) is 69.6 Å². The summed E-state index contributed by atoms with van der Waals surface area (Å²) in [5, 5.41) is 12.5. The van der Waals surface area contributed by atoms with E-state index in [9.17, 15) is 14.7 Å². The van der Waals surface area contributed by atoms with Crippen molar-refractivity contribution in [3.8, 4) is 0 Å². The molecule has 2 aromatic carbocycles. The van der Waals surface area contributed by atoms with E-state index in [0.717, 1.165) is 51.0 Å². The van der Waals surface area contributed by atoms with Crippen molar-refractivity contribution in [2.45, 2.75) is 19.3 Å². The minimum Gasteiger partial charge on any atom is -0.478 e. The molecule has 2 aromatic rings. The van der Waals surface area contributed by atoms with Crippen molar-refractivity contribution < 1.29 is 14.7 Å². The lowest BCUT2D eigenvalue weighted by Gasteiger charge is -2.43. The summed E-state index contributed by atoms with van der Waals surface area (Å²) in [5.41, 5.74) is 2.24. The maximum absolute atomic E-state index is 13.3. The summed E-state index contributed by atoms with van der Waals surface area (Å²) in [6, 6.07) is 17.4. The minimum atomic E-state index is -0.898. The zero-order valence-corrected chi connectivity index (χ0v) is 15.9. The first kappa shape index (κ1) is 18.7. The number of rotatable bonds is 6. The van der Waals surface area contributed by atoms with Gasteiger partial charge in [0.15, 0.2) is 0 Å². The molecular weight excluding hydrogens is 352 g/mol. The predicted octanol–water partition coefficient (Wildman–Crippen LogP) is 2.61. The number of benzene rings is 2. The van der Waals surface area contributed by atoms with Gasteiger partial charge in [-0.25, -0.2) is 4.79 Å². The van der Waals surface area contributed by atoms with Gasteiger partial charge in [-0.1, -0.05) is 42.5 Å². The Labute approximate surface area is 165 Å². The molecule has 0 aromatic heterocycles. The highest BCUT2D eigenvalue weighted by Crippen LogP contribution is 2.33. The number of carboxylic acid groups (broad SMARTS) is 1. The lowest BCUT2D eigenvalue weighted by atomic mass is 9.75. The molecule has 28 heavy (non-hydrogen) atoms. The van der Waals surface area contributed by atoms with E-state index in [2.05, 4.69) is 17.4 Å². The molecule has 0 bridgehead atoms. The lowest BCUT2D eigenvalue weighted by molar-refractivity contribution is -0.144. The van der Waals surface area contributed by atoms with Crippen molar-refractivity contribution in [3.05, 3.63) is 71.3 Å². The number of hydrogen-bond donors (Lipinski definition) is 2. The van der Waals surface area contributed by atoms with Gasteiger partial charge in [0.05, 0.1) is 11.0 Å². The Kier molecular flexibility index (Phi) is 5.18. The molecule has 2 N–H and O–H groups in total. The molecule has 0 radical (unpaired) electrons. The van der Waals surface area contributed by atoms with Gasteiger partial charge in [0.1, 0.15) is 0 Å². The van der Waals surface area contributed by atoms with E-state index in [1.807, 2.05) is 29.2 Å². The molecule has 2 aliphatic heterocycles.